The SMILES string of the molecule is Cc1cc(SC2CC3(CCN(C(=O)OC(C)(C)C)CC3)C2)ccc1Nc1ncc(C(F)(F)F)c(C2CCC(C)(O)CC2)n1. The number of halogens is 3. The van der Waals surface area contributed by atoms with Gasteiger partial charge in [0.25, 0.3) is 0 Å². The molecule has 0 radical (unpaired) electrons. The van der Waals surface area contributed by atoms with Crippen molar-refractivity contribution in [1.29, 1.82) is 0 Å². The molecule has 3 aliphatic rings. The van der Waals surface area contributed by atoms with Crippen LogP contribution in [0.3, 0.4) is 0 Å². The normalized spacial score (nSPS) is 24.5. The number of nitrogens with one attached hydrogen (secondary N) is 1. The Bertz CT molecular complexity index is 1320. The number of benzene rings is 1. The smallest absolute Gasteiger partial charge is 0.419 e. The molecule has 0 atom stereocenters. The molecular formula is C32H43F3N4O3S. The molecule has 2 aliphatic carbocycles. The quantitative estimate of drug-likeness (QED) is 0.348. The lowest BCUT2D eigenvalue weighted by Crippen LogP contribution is -2.50. The summed E-state index contributed by atoms with van der Waals surface area (Å²) in [6.07, 6.45) is 2.12. The Morgan fingerprint density at radius 2 is 1.77 bits per heavy atom. The molecule has 43 heavy (non-hydrogen) atoms. The molecule has 1 aliphatic heterocycles. The minimum absolute atomic E-state index is 0.00108. The van der Waals surface area contributed by atoms with Gasteiger partial charge in [0.15, 0.2) is 0 Å². The fourth-order valence-corrected chi connectivity index (χ4v) is 8.20. The number of aliphatic hydroxyl groups is 1. The van der Waals surface area contributed by atoms with Gasteiger partial charge in [-0.2, -0.15) is 13.2 Å². The van der Waals surface area contributed by atoms with Crippen molar-refractivity contribution in [3.63, 3.8) is 0 Å². The molecule has 7 nitrogen and oxygen atoms in total. The molecule has 1 aromatic carbocycles. The van der Waals surface area contributed by atoms with E-state index in [0.717, 1.165) is 61.1 Å². The fourth-order valence-electron chi connectivity index (χ4n) is 6.55. The van der Waals surface area contributed by atoms with E-state index in [2.05, 4.69) is 21.4 Å². The second-order valence-corrected chi connectivity index (χ2v) is 15.4. The predicted molar refractivity (Wildman–Crippen MR) is 162 cm³/mol. The molecule has 1 spiro atoms. The first-order chi connectivity index (χ1) is 20.0. The van der Waals surface area contributed by atoms with Crippen molar-refractivity contribution in [3.8, 4) is 0 Å². The first-order valence-electron chi connectivity index (χ1n) is 15.2. The maximum atomic E-state index is 13.8. The zero-order valence-electron chi connectivity index (χ0n) is 25.7. The number of hydrogen-bond donors (Lipinski definition) is 2. The number of alkyl halides is 3. The van der Waals surface area contributed by atoms with E-state index in [1.54, 1.807) is 6.92 Å². The van der Waals surface area contributed by atoms with Crippen LogP contribution in [0.1, 0.15) is 102 Å². The molecule has 2 heterocycles. The molecule has 2 aromatic rings. The highest BCUT2D eigenvalue weighted by atomic mass is 32.2. The number of likely N-dealkylation sites (tertiary alicyclic amines) is 1. The summed E-state index contributed by atoms with van der Waals surface area (Å²) in [6.45, 7) is 10.8. The number of piperidine rings is 1. The molecule has 11 heteroatoms. The third-order valence-corrected chi connectivity index (χ3v) is 10.3. The number of ether oxygens (including phenoxy) is 1. The van der Waals surface area contributed by atoms with E-state index in [0.29, 0.717) is 36.3 Å². The van der Waals surface area contributed by atoms with Crippen LogP contribution in [-0.2, 0) is 10.9 Å². The average molecular weight is 621 g/mol. The molecule has 1 amide bonds. The van der Waals surface area contributed by atoms with Crippen LogP contribution in [0.5, 0.6) is 0 Å². The summed E-state index contributed by atoms with van der Waals surface area (Å²) in [5, 5.41) is 13.9. The van der Waals surface area contributed by atoms with Crippen molar-refractivity contribution in [3.05, 3.63) is 41.2 Å². The molecule has 236 valence electrons. The Kier molecular flexibility index (Phi) is 8.72. The third-order valence-electron chi connectivity index (χ3n) is 9.12. The van der Waals surface area contributed by atoms with Gasteiger partial charge in [-0.1, -0.05) is 0 Å². The van der Waals surface area contributed by atoms with Crippen LogP contribution in [0.4, 0.5) is 29.6 Å². The molecular weight excluding hydrogens is 577 g/mol. The third kappa shape index (κ3) is 7.77. The second-order valence-electron chi connectivity index (χ2n) is 14.0. The molecule has 1 saturated heterocycles. The van der Waals surface area contributed by atoms with E-state index in [1.165, 1.54) is 0 Å². The van der Waals surface area contributed by atoms with Crippen LogP contribution in [0.15, 0.2) is 29.3 Å². The molecule has 1 aromatic heterocycles. The number of amides is 1. The van der Waals surface area contributed by atoms with Crippen LogP contribution in [0.25, 0.3) is 0 Å². The number of aryl methyl sites for hydroxylation is 1. The van der Waals surface area contributed by atoms with Gasteiger partial charge in [0.05, 0.1) is 16.9 Å². The van der Waals surface area contributed by atoms with Crippen LogP contribution in [0.2, 0.25) is 0 Å². The van der Waals surface area contributed by atoms with Crippen LogP contribution >= 0.6 is 11.8 Å². The fraction of sp³-hybridized carbons (Fsp3) is 0.656. The van der Waals surface area contributed by atoms with Gasteiger partial charge in [0, 0.05) is 41.0 Å². The molecule has 3 fully saturated rings. The van der Waals surface area contributed by atoms with Crippen molar-refractivity contribution in [2.45, 2.75) is 119 Å². The molecule has 0 unspecified atom stereocenters. The summed E-state index contributed by atoms with van der Waals surface area (Å²) < 4.78 is 47.0. The minimum atomic E-state index is -4.54. The number of thioether (sulfide) groups is 1. The van der Waals surface area contributed by atoms with Gasteiger partial charge in [0.2, 0.25) is 5.95 Å². The topological polar surface area (TPSA) is 87.6 Å². The monoisotopic (exact) mass is 620 g/mol. The highest BCUT2D eigenvalue weighted by Gasteiger charge is 2.47. The summed E-state index contributed by atoms with van der Waals surface area (Å²) in [4.78, 5) is 23.8. The van der Waals surface area contributed by atoms with Gasteiger partial charge in [-0.15, -0.1) is 11.8 Å². The lowest BCUT2D eigenvalue weighted by atomic mass is 9.63. The summed E-state index contributed by atoms with van der Waals surface area (Å²) >= 11 is 1.86. The summed E-state index contributed by atoms with van der Waals surface area (Å²) in [5.41, 5.74) is -0.120. The van der Waals surface area contributed by atoms with E-state index in [-0.39, 0.29) is 23.7 Å². The van der Waals surface area contributed by atoms with E-state index >= 15 is 0 Å². The average Bonchev–Trinajstić information content (AvgIpc) is 2.88. The van der Waals surface area contributed by atoms with Crippen molar-refractivity contribution < 1.29 is 27.8 Å². The number of carbonyl (C=O) groups is 1. The van der Waals surface area contributed by atoms with Gasteiger partial charge in [0.1, 0.15) is 5.60 Å². The van der Waals surface area contributed by atoms with Crippen molar-refractivity contribution >= 4 is 29.5 Å². The Hall–Kier alpha value is -2.53. The maximum Gasteiger partial charge on any atom is 0.419 e. The van der Waals surface area contributed by atoms with Crippen LogP contribution < -0.4 is 5.32 Å². The maximum absolute atomic E-state index is 13.8. The Morgan fingerprint density at radius 1 is 1.12 bits per heavy atom. The minimum Gasteiger partial charge on any atom is -0.444 e. The Balaban J connectivity index is 1.18. The lowest BCUT2D eigenvalue weighted by molar-refractivity contribution is -0.139. The number of hydrogen-bond acceptors (Lipinski definition) is 7. The van der Waals surface area contributed by atoms with Gasteiger partial charge in [-0.25, -0.2) is 14.8 Å². The number of aromatic nitrogens is 2. The highest BCUT2D eigenvalue weighted by molar-refractivity contribution is 8.00. The number of rotatable bonds is 5. The Labute approximate surface area is 256 Å². The first kappa shape index (κ1) is 31.9. The number of nitrogens with zero attached hydrogens (tertiary/aromatic N) is 3. The van der Waals surface area contributed by atoms with Gasteiger partial charge in [-0.05, 0) is 115 Å². The van der Waals surface area contributed by atoms with E-state index < -0.39 is 22.9 Å². The van der Waals surface area contributed by atoms with Crippen molar-refractivity contribution in [2.24, 2.45) is 5.41 Å². The number of carbonyl (C=O) groups excluding carboxylic acids is 1. The van der Waals surface area contributed by atoms with Crippen molar-refractivity contribution in [2.75, 3.05) is 18.4 Å². The largest absolute Gasteiger partial charge is 0.444 e. The summed E-state index contributed by atoms with van der Waals surface area (Å²) in [7, 11) is 0. The first-order valence-corrected chi connectivity index (χ1v) is 16.1. The standard InChI is InChI=1S/C32H43F3N4O3S/c1-20-16-22(43-23-17-31(18-23)12-14-39(15-13-31)28(40)42-29(2,3)4)6-7-25(20)37-27-36-19-24(32(33,34)35)26(38-27)21-8-10-30(5,41)11-9-21/h6-7,16,19,21,23,41H,8-15,17-18H2,1-5H3,(H,36,37,38). The molecule has 2 saturated carbocycles. The van der Waals surface area contributed by atoms with Gasteiger partial charge >= 0.3 is 12.3 Å². The van der Waals surface area contributed by atoms with Crippen LogP contribution in [0, 0.1) is 12.3 Å². The van der Waals surface area contributed by atoms with Crippen LogP contribution in [-0.4, -0.2) is 55.6 Å². The van der Waals surface area contributed by atoms with Gasteiger partial charge < -0.3 is 20.1 Å². The molecule has 0 bridgehead atoms. The van der Waals surface area contributed by atoms with E-state index in [9.17, 15) is 23.1 Å². The second kappa shape index (κ2) is 11.8. The zero-order valence-corrected chi connectivity index (χ0v) is 26.5. The molecule has 5 rings (SSSR count). The number of anilines is 2. The zero-order chi connectivity index (χ0) is 31.2. The van der Waals surface area contributed by atoms with E-state index in [4.69, 9.17) is 4.74 Å². The van der Waals surface area contributed by atoms with E-state index in [1.807, 2.05) is 56.5 Å². The lowest BCUT2D eigenvalue weighted by Gasteiger charge is -2.52. The highest BCUT2D eigenvalue weighted by Crippen LogP contribution is 2.55. The van der Waals surface area contributed by atoms with Gasteiger partial charge in [-0.3, -0.25) is 0 Å². The predicted octanol–water partition coefficient (Wildman–Crippen LogP) is 8.23. The Morgan fingerprint density at radius 3 is 2.35 bits per heavy atom. The van der Waals surface area contributed by atoms with Crippen molar-refractivity contribution in [1.82, 2.24) is 14.9 Å². The molecule has 2 N–H and O–H groups in total. The summed E-state index contributed by atoms with van der Waals surface area (Å²) in [6, 6.07) is 6.06. The summed E-state index contributed by atoms with van der Waals surface area (Å²) in [5.74, 6) is -0.238.